The van der Waals surface area contributed by atoms with Crippen molar-refractivity contribution in [1.82, 2.24) is 4.90 Å². The van der Waals surface area contributed by atoms with Crippen LogP contribution in [0.4, 0.5) is 0 Å². The molecule has 0 atom stereocenters. The van der Waals surface area contributed by atoms with Crippen LogP contribution in [0.2, 0.25) is 0 Å². The zero-order chi connectivity index (χ0) is 21.7. The van der Waals surface area contributed by atoms with E-state index in [1.807, 2.05) is 23.1 Å². The van der Waals surface area contributed by atoms with Crippen molar-refractivity contribution in [2.45, 2.75) is 30.6 Å². The van der Waals surface area contributed by atoms with Gasteiger partial charge in [0.2, 0.25) is 0 Å². The van der Waals surface area contributed by atoms with Crippen molar-refractivity contribution in [3.63, 3.8) is 0 Å². The molecule has 6 nitrogen and oxygen atoms in total. The fourth-order valence-electron chi connectivity index (χ4n) is 3.83. The van der Waals surface area contributed by atoms with Crippen LogP contribution in [-0.2, 0) is 16.3 Å². The summed E-state index contributed by atoms with van der Waals surface area (Å²) in [5.41, 5.74) is 1.72. The molecule has 30 heavy (non-hydrogen) atoms. The Morgan fingerprint density at radius 2 is 1.57 bits per heavy atom. The molecule has 1 amide bonds. The van der Waals surface area contributed by atoms with Crippen LogP contribution >= 0.6 is 0 Å². The molecule has 0 radical (unpaired) electrons. The second-order valence-electron chi connectivity index (χ2n) is 7.79. The van der Waals surface area contributed by atoms with E-state index < -0.39 is 9.84 Å². The number of likely N-dealkylation sites (tertiary alicyclic amines) is 1. The Bertz CT molecular complexity index is 955. The topological polar surface area (TPSA) is 72.9 Å². The standard InChI is InChI=1S/C23H29NO5S/c1-28-20-14-18(15-21(16-20)29-2)5-4-17-10-12-24(13-11-17)23(25)19-6-8-22(9-7-19)30(3,26)27/h6-9,14-17H,4-5,10-13H2,1-3H3. The van der Waals surface area contributed by atoms with Crippen molar-refractivity contribution in [2.75, 3.05) is 33.6 Å². The van der Waals surface area contributed by atoms with Gasteiger partial charge in [-0.05, 0) is 73.6 Å². The third-order valence-corrected chi connectivity index (χ3v) is 6.81. The van der Waals surface area contributed by atoms with E-state index in [9.17, 15) is 13.2 Å². The number of amides is 1. The average Bonchev–Trinajstić information content (AvgIpc) is 2.76. The van der Waals surface area contributed by atoms with Crippen LogP contribution in [0.3, 0.4) is 0 Å². The van der Waals surface area contributed by atoms with E-state index in [1.54, 1.807) is 26.4 Å². The molecular formula is C23H29NO5S. The SMILES string of the molecule is COc1cc(CCC2CCN(C(=O)c3ccc(S(C)(=O)=O)cc3)CC2)cc(OC)c1. The Labute approximate surface area is 178 Å². The van der Waals surface area contributed by atoms with E-state index in [0.717, 1.165) is 56.5 Å². The molecule has 7 heteroatoms. The van der Waals surface area contributed by atoms with Crippen LogP contribution in [0.1, 0.15) is 35.2 Å². The number of nitrogens with zero attached hydrogens (tertiary/aromatic N) is 1. The van der Waals surface area contributed by atoms with Crippen molar-refractivity contribution in [2.24, 2.45) is 5.92 Å². The van der Waals surface area contributed by atoms with Gasteiger partial charge >= 0.3 is 0 Å². The number of methoxy groups -OCH3 is 2. The highest BCUT2D eigenvalue weighted by Crippen LogP contribution is 2.27. The lowest BCUT2D eigenvalue weighted by molar-refractivity contribution is 0.0687. The number of hydrogen-bond acceptors (Lipinski definition) is 5. The maximum atomic E-state index is 12.7. The first-order valence-electron chi connectivity index (χ1n) is 10.1. The first-order chi connectivity index (χ1) is 14.3. The van der Waals surface area contributed by atoms with E-state index >= 15 is 0 Å². The molecular weight excluding hydrogens is 402 g/mol. The Morgan fingerprint density at radius 3 is 2.07 bits per heavy atom. The van der Waals surface area contributed by atoms with Crippen LogP contribution in [0.25, 0.3) is 0 Å². The Kier molecular flexibility index (Phi) is 7.02. The number of hydrogen-bond donors (Lipinski definition) is 0. The lowest BCUT2D eigenvalue weighted by Crippen LogP contribution is -2.38. The van der Waals surface area contributed by atoms with Gasteiger partial charge in [-0.3, -0.25) is 4.79 Å². The third-order valence-electron chi connectivity index (χ3n) is 5.68. The number of rotatable bonds is 7. The minimum Gasteiger partial charge on any atom is -0.497 e. The lowest BCUT2D eigenvalue weighted by Gasteiger charge is -2.32. The molecule has 162 valence electrons. The molecule has 1 heterocycles. The van der Waals surface area contributed by atoms with Crippen molar-refractivity contribution in [3.8, 4) is 11.5 Å². The summed E-state index contributed by atoms with van der Waals surface area (Å²) in [6.45, 7) is 1.44. The molecule has 2 aromatic carbocycles. The summed E-state index contributed by atoms with van der Waals surface area (Å²) in [6.07, 6.45) is 5.10. The van der Waals surface area contributed by atoms with Crippen molar-refractivity contribution < 1.29 is 22.7 Å². The van der Waals surface area contributed by atoms with Gasteiger partial charge in [-0.1, -0.05) is 0 Å². The van der Waals surface area contributed by atoms with Crippen LogP contribution < -0.4 is 9.47 Å². The highest BCUT2D eigenvalue weighted by Gasteiger charge is 2.24. The maximum absolute atomic E-state index is 12.7. The number of carbonyl (C=O) groups excluding carboxylic acids is 1. The van der Waals surface area contributed by atoms with Crippen molar-refractivity contribution in [3.05, 3.63) is 53.6 Å². The highest BCUT2D eigenvalue weighted by atomic mass is 32.2. The molecule has 0 N–H and O–H groups in total. The molecule has 0 spiro atoms. The van der Waals surface area contributed by atoms with Gasteiger partial charge in [-0.2, -0.15) is 0 Å². The van der Waals surface area contributed by atoms with E-state index in [0.29, 0.717) is 11.5 Å². The first kappa shape index (κ1) is 22.2. The van der Waals surface area contributed by atoms with E-state index in [-0.39, 0.29) is 10.8 Å². The molecule has 0 aromatic heterocycles. The Balaban J connectivity index is 1.53. The van der Waals surface area contributed by atoms with Crippen LogP contribution in [0.5, 0.6) is 11.5 Å². The third kappa shape index (κ3) is 5.53. The lowest BCUT2D eigenvalue weighted by atomic mass is 9.90. The maximum Gasteiger partial charge on any atom is 0.253 e. The van der Waals surface area contributed by atoms with E-state index in [2.05, 4.69) is 0 Å². The van der Waals surface area contributed by atoms with Crippen LogP contribution in [-0.4, -0.2) is 52.8 Å². The van der Waals surface area contributed by atoms with Gasteiger partial charge in [-0.15, -0.1) is 0 Å². The molecule has 3 rings (SSSR count). The van der Waals surface area contributed by atoms with Crippen LogP contribution in [0.15, 0.2) is 47.4 Å². The number of carbonyl (C=O) groups is 1. The fourth-order valence-corrected chi connectivity index (χ4v) is 4.46. The summed E-state index contributed by atoms with van der Waals surface area (Å²) < 4.78 is 33.8. The minimum absolute atomic E-state index is 0.0361. The predicted octanol–water partition coefficient (Wildman–Crippen LogP) is 3.59. The predicted molar refractivity (Wildman–Crippen MR) is 116 cm³/mol. The van der Waals surface area contributed by atoms with E-state index in [1.165, 1.54) is 17.7 Å². The molecule has 0 saturated carbocycles. The summed E-state index contributed by atoms with van der Waals surface area (Å²) in [5.74, 6) is 2.13. The normalized spacial score (nSPS) is 15.1. The van der Waals surface area contributed by atoms with E-state index in [4.69, 9.17) is 9.47 Å². The number of aryl methyl sites for hydroxylation is 1. The average molecular weight is 432 g/mol. The summed E-state index contributed by atoms with van der Waals surface area (Å²) in [6, 6.07) is 12.1. The quantitative estimate of drug-likeness (QED) is 0.670. The van der Waals surface area contributed by atoms with Gasteiger partial charge in [-0.25, -0.2) is 8.42 Å². The molecule has 1 aliphatic heterocycles. The molecule has 1 fully saturated rings. The van der Waals surface area contributed by atoms with Crippen molar-refractivity contribution in [1.29, 1.82) is 0 Å². The summed E-state index contributed by atoms with van der Waals surface area (Å²) in [4.78, 5) is 14.8. The molecule has 0 unspecified atom stereocenters. The van der Waals surface area contributed by atoms with Crippen molar-refractivity contribution >= 4 is 15.7 Å². The molecule has 2 aromatic rings. The fraction of sp³-hybridized carbons (Fsp3) is 0.435. The van der Waals surface area contributed by atoms with Gasteiger partial charge in [0.05, 0.1) is 19.1 Å². The first-order valence-corrected chi connectivity index (χ1v) is 12.0. The molecule has 0 aliphatic carbocycles. The number of sulfone groups is 1. The van der Waals surface area contributed by atoms with Gasteiger partial charge in [0.1, 0.15) is 11.5 Å². The second-order valence-corrected chi connectivity index (χ2v) is 9.81. The van der Waals surface area contributed by atoms with Gasteiger partial charge < -0.3 is 14.4 Å². The Hall–Kier alpha value is -2.54. The zero-order valence-electron chi connectivity index (χ0n) is 17.8. The smallest absolute Gasteiger partial charge is 0.253 e. The van der Waals surface area contributed by atoms with Crippen LogP contribution in [0, 0.1) is 5.92 Å². The minimum atomic E-state index is -3.26. The number of benzene rings is 2. The Morgan fingerprint density at radius 1 is 1.00 bits per heavy atom. The zero-order valence-corrected chi connectivity index (χ0v) is 18.6. The number of piperidine rings is 1. The summed E-state index contributed by atoms with van der Waals surface area (Å²) >= 11 is 0. The molecule has 0 bridgehead atoms. The van der Waals surface area contributed by atoms with Gasteiger partial charge in [0.15, 0.2) is 9.84 Å². The van der Waals surface area contributed by atoms with Gasteiger partial charge in [0.25, 0.3) is 5.91 Å². The summed E-state index contributed by atoms with van der Waals surface area (Å²) in [7, 11) is 0.0492. The largest absolute Gasteiger partial charge is 0.497 e. The number of ether oxygens (including phenoxy) is 2. The second kappa shape index (κ2) is 9.51. The highest BCUT2D eigenvalue weighted by molar-refractivity contribution is 7.90. The van der Waals surface area contributed by atoms with Gasteiger partial charge in [0, 0.05) is 31.0 Å². The molecule has 1 aliphatic rings. The summed E-state index contributed by atoms with van der Waals surface area (Å²) in [5, 5.41) is 0. The molecule has 1 saturated heterocycles. The monoisotopic (exact) mass is 431 g/mol.